The Morgan fingerprint density at radius 3 is 3.09 bits per heavy atom. The maximum Gasteiger partial charge on any atom is 0.325 e. The minimum Gasteiger partial charge on any atom is -0.304 e. The molecule has 52 valence electrons. The number of H-pyrrole nitrogens is 2. The number of nitrogens with one attached hydrogen (secondary N) is 2. The third-order valence-electron chi connectivity index (χ3n) is 1.39. The molecule has 0 aliphatic rings. The van der Waals surface area contributed by atoms with Gasteiger partial charge in [-0.2, -0.15) is 0 Å². The van der Waals surface area contributed by atoms with Gasteiger partial charge in [0.1, 0.15) is 7.85 Å². The van der Waals surface area contributed by atoms with E-state index in [0.29, 0.717) is 16.6 Å². The van der Waals surface area contributed by atoms with Crippen molar-refractivity contribution in [2.24, 2.45) is 0 Å². The Kier molecular flexibility index (Phi) is 1.12. The van der Waals surface area contributed by atoms with Gasteiger partial charge in [-0.1, -0.05) is 5.46 Å². The Bertz CT molecular complexity index is 444. The number of nitrogens with zero attached hydrogens (tertiary/aromatic N) is 1. The lowest BCUT2D eigenvalue weighted by Gasteiger charge is -1.89. The minimum atomic E-state index is -0.266. The van der Waals surface area contributed by atoms with Crippen LogP contribution in [0.15, 0.2) is 17.1 Å². The van der Waals surface area contributed by atoms with Crippen molar-refractivity contribution in [3.05, 3.63) is 22.7 Å². The van der Waals surface area contributed by atoms with Gasteiger partial charge in [0.2, 0.25) is 0 Å². The fraction of sp³-hybridized carbons (Fsp3) is 0. The van der Waals surface area contributed by atoms with E-state index in [-0.39, 0.29) is 5.69 Å². The summed E-state index contributed by atoms with van der Waals surface area (Å²) in [5.41, 5.74) is 1.44. The first-order chi connectivity index (χ1) is 5.25. The smallest absolute Gasteiger partial charge is 0.304 e. The molecule has 0 aliphatic heterocycles. The van der Waals surface area contributed by atoms with Gasteiger partial charge in [0.25, 0.3) is 0 Å². The number of aromatic nitrogens is 3. The zero-order chi connectivity index (χ0) is 7.84. The van der Waals surface area contributed by atoms with Crippen molar-refractivity contribution in [1.29, 1.82) is 0 Å². The molecular formula is C6H4BN3O. The normalized spacial score (nSPS) is 10.5. The van der Waals surface area contributed by atoms with Gasteiger partial charge in [0.15, 0.2) is 5.65 Å². The number of hydrogen-bond donors (Lipinski definition) is 2. The minimum absolute atomic E-state index is 0.266. The molecule has 0 aliphatic carbocycles. The van der Waals surface area contributed by atoms with E-state index in [4.69, 9.17) is 7.85 Å². The molecule has 0 fully saturated rings. The molecule has 0 bridgehead atoms. The molecule has 2 rings (SSSR count). The first-order valence-corrected chi connectivity index (χ1v) is 3.09. The van der Waals surface area contributed by atoms with Crippen molar-refractivity contribution in [3.8, 4) is 0 Å². The van der Waals surface area contributed by atoms with Gasteiger partial charge >= 0.3 is 5.69 Å². The second-order valence-corrected chi connectivity index (χ2v) is 2.24. The quantitative estimate of drug-likeness (QED) is 0.469. The highest BCUT2D eigenvalue weighted by Crippen LogP contribution is 1.97. The lowest BCUT2D eigenvalue weighted by Crippen LogP contribution is -2.01. The summed E-state index contributed by atoms with van der Waals surface area (Å²) >= 11 is 0. The first kappa shape index (κ1) is 6.21. The Hall–Kier alpha value is -1.52. The van der Waals surface area contributed by atoms with E-state index < -0.39 is 0 Å². The molecule has 0 aromatic carbocycles. The molecule has 5 heteroatoms. The van der Waals surface area contributed by atoms with Crippen LogP contribution in [0.2, 0.25) is 0 Å². The van der Waals surface area contributed by atoms with Crippen molar-refractivity contribution in [2.45, 2.75) is 0 Å². The monoisotopic (exact) mass is 145 g/mol. The van der Waals surface area contributed by atoms with Crippen LogP contribution < -0.4 is 11.2 Å². The molecule has 0 spiro atoms. The third-order valence-corrected chi connectivity index (χ3v) is 1.39. The molecule has 2 aromatic heterocycles. The molecule has 0 saturated carbocycles. The highest BCUT2D eigenvalue weighted by atomic mass is 16.1. The summed E-state index contributed by atoms with van der Waals surface area (Å²) in [6.45, 7) is 0. The predicted molar refractivity (Wildman–Crippen MR) is 42.1 cm³/mol. The van der Waals surface area contributed by atoms with E-state index in [1.54, 1.807) is 6.07 Å². The topological polar surface area (TPSA) is 61.5 Å². The lowest BCUT2D eigenvalue weighted by molar-refractivity contribution is 1.20. The van der Waals surface area contributed by atoms with Crippen molar-refractivity contribution in [2.75, 3.05) is 0 Å². The number of aromatic amines is 2. The van der Waals surface area contributed by atoms with Gasteiger partial charge < -0.3 is 4.98 Å². The average molecular weight is 145 g/mol. The fourth-order valence-corrected chi connectivity index (χ4v) is 0.937. The van der Waals surface area contributed by atoms with Gasteiger partial charge in [-0.3, -0.25) is 4.98 Å². The number of hydrogen-bond acceptors (Lipinski definition) is 2. The second-order valence-electron chi connectivity index (χ2n) is 2.24. The van der Waals surface area contributed by atoms with E-state index in [2.05, 4.69) is 15.0 Å². The molecule has 0 unspecified atom stereocenters. The summed E-state index contributed by atoms with van der Waals surface area (Å²) < 4.78 is 0. The summed E-state index contributed by atoms with van der Waals surface area (Å²) in [7, 11) is 5.43. The van der Waals surface area contributed by atoms with Gasteiger partial charge in [0, 0.05) is 6.20 Å². The van der Waals surface area contributed by atoms with Crippen LogP contribution in [0.25, 0.3) is 11.2 Å². The molecule has 2 radical (unpaired) electrons. The van der Waals surface area contributed by atoms with E-state index in [0.717, 1.165) is 0 Å². The van der Waals surface area contributed by atoms with Gasteiger partial charge in [-0.25, -0.2) is 9.78 Å². The van der Waals surface area contributed by atoms with Crippen LogP contribution >= 0.6 is 0 Å². The number of pyridine rings is 1. The van der Waals surface area contributed by atoms with Crippen LogP contribution in [0, 0.1) is 0 Å². The van der Waals surface area contributed by atoms with Gasteiger partial charge in [-0.05, 0) is 6.07 Å². The third kappa shape index (κ3) is 0.940. The number of imidazole rings is 1. The number of fused-ring (bicyclic) bond motifs is 1. The molecule has 0 atom stereocenters. The van der Waals surface area contributed by atoms with E-state index in [1.165, 1.54) is 6.20 Å². The fourth-order valence-electron chi connectivity index (χ4n) is 0.937. The van der Waals surface area contributed by atoms with Crippen LogP contribution in [0.4, 0.5) is 0 Å². The SMILES string of the molecule is [B]c1cnc2[nH]c(=O)[nH]c2c1. The van der Waals surface area contributed by atoms with Crippen molar-refractivity contribution < 1.29 is 0 Å². The van der Waals surface area contributed by atoms with Crippen LogP contribution in [-0.4, -0.2) is 22.8 Å². The lowest BCUT2D eigenvalue weighted by atomic mass is 9.99. The summed E-state index contributed by atoms with van der Waals surface area (Å²) in [6.07, 6.45) is 1.49. The molecule has 2 N–H and O–H groups in total. The molecule has 11 heavy (non-hydrogen) atoms. The van der Waals surface area contributed by atoms with Crippen LogP contribution in [-0.2, 0) is 0 Å². The highest BCUT2D eigenvalue weighted by molar-refractivity contribution is 6.32. The highest BCUT2D eigenvalue weighted by Gasteiger charge is 1.96. The Morgan fingerprint density at radius 1 is 1.45 bits per heavy atom. The van der Waals surface area contributed by atoms with Crippen molar-refractivity contribution in [1.82, 2.24) is 15.0 Å². The maximum absolute atomic E-state index is 10.7. The van der Waals surface area contributed by atoms with Crippen LogP contribution in [0.3, 0.4) is 0 Å². The molecule has 2 heterocycles. The van der Waals surface area contributed by atoms with Gasteiger partial charge in [0.05, 0.1) is 5.52 Å². The zero-order valence-corrected chi connectivity index (χ0v) is 5.59. The predicted octanol–water partition coefficient (Wildman–Crippen LogP) is -0.955. The van der Waals surface area contributed by atoms with E-state index >= 15 is 0 Å². The molecular weight excluding hydrogens is 141 g/mol. The summed E-state index contributed by atoms with van der Waals surface area (Å²) in [5.74, 6) is 0. The molecule has 4 nitrogen and oxygen atoms in total. The Morgan fingerprint density at radius 2 is 2.27 bits per heavy atom. The average Bonchev–Trinajstić information content (AvgIpc) is 2.27. The maximum atomic E-state index is 10.7. The van der Waals surface area contributed by atoms with E-state index in [9.17, 15) is 4.79 Å². The molecule has 0 amide bonds. The molecule has 0 saturated heterocycles. The summed E-state index contributed by atoms with van der Waals surface area (Å²) in [6, 6.07) is 1.65. The second kappa shape index (κ2) is 1.98. The molecule has 2 aromatic rings. The van der Waals surface area contributed by atoms with Crippen molar-refractivity contribution >= 4 is 24.5 Å². The first-order valence-electron chi connectivity index (χ1n) is 3.09. The Balaban J connectivity index is 2.92. The van der Waals surface area contributed by atoms with Crippen LogP contribution in [0.5, 0.6) is 0 Å². The Labute approximate surface area is 63.1 Å². The number of rotatable bonds is 0. The van der Waals surface area contributed by atoms with Gasteiger partial charge in [-0.15, -0.1) is 0 Å². The standard InChI is InChI=1S/C6H4BN3O/c7-3-1-4-5(8-2-3)10-6(11)9-4/h1-2H,(H2,8,9,10,11). The largest absolute Gasteiger partial charge is 0.325 e. The zero-order valence-electron chi connectivity index (χ0n) is 5.59. The summed E-state index contributed by atoms with van der Waals surface area (Å²) in [5, 5.41) is 0. The summed E-state index contributed by atoms with van der Waals surface area (Å²) in [4.78, 5) is 19.7. The van der Waals surface area contributed by atoms with Crippen LogP contribution in [0.1, 0.15) is 0 Å². The van der Waals surface area contributed by atoms with Crippen molar-refractivity contribution in [3.63, 3.8) is 0 Å². The van der Waals surface area contributed by atoms with E-state index in [1.807, 2.05) is 0 Å².